The van der Waals surface area contributed by atoms with Crippen LogP contribution >= 0.6 is 0 Å². The van der Waals surface area contributed by atoms with Gasteiger partial charge in [-0.3, -0.25) is 0 Å². The monoisotopic (exact) mass is 232 g/mol. The number of benzene rings is 1. The van der Waals surface area contributed by atoms with Gasteiger partial charge in [-0.15, -0.1) is 0 Å². The maximum Gasteiger partial charge on any atom is 0.179 e. The van der Waals surface area contributed by atoms with Crippen molar-refractivity contribution in [2.45, 2.75) is 4.90 Å². The largest absolute Gasteiger partial charge is 0.497 e. The van der Waals surface area contributed by atoms with Gasteiger partial charge in [0.1, 0.15) is 10.6 Å². The summed E-state index contributed by atoms with van der Waals surface area (Å²) in [7, 11) is 1.51. The first-order valence-electron chi connectivity index (χ1n) is 4.08. The third kappa shape index (κ3) is 2.33. The molecule has 1 rings (SSSR count). The molecule has 1 aromatic carbocycles. The zero-order chi connectivity index (χ0) is 11.4. The van der Waals surface area contributed by atoms with Crippen molar-refractivity contribution < 1.29 is 22.6 Å². The second-order valence-electron chi connectivity index (χ2n) is 2.64. The first-order chi connectivity index (χ1) is 7.13. The Morgan fingerprint density at radius 2 is 1.67 bits per heavy atom. The fourth-order valence-electron chi connectivity index (χ4n) is 1.17. The maximum atomic E-state index is 11.0. The Bertz CT molecular complexity index is 417. The van der Waals surface area contributed by atoms with Gasteiger partial charge in [0.25, 0.3) is 0 Å². The summed E-state index contributed by atoms with van der Waals surface area (Å²) in [4.78, 5) is 0.0451. The number of thiol groups is 1. The molecule has 0 heterocycles. The summed E-state index contributed by atoms with van der Waals surface area (Å²) in [5.41, 5.74) is 0. The molecule has 0 aliphatic rings. The van der Waals surface area contributed by atoms with E-state index in [1.165, 1.54) is 27.4 Å². The Morgan fingerprint density at radius 1 is 1.00 bits per heavy atom. The third-order valence-electron chi connectivity index (χ3n) is 1.87. The molecule has 0 atom stereocenters. The normalized spacial score (nSPS) is 10.1. The van der Waals surface area contributed by atoms with Crippen LogP contribution < -0.4 is 14.2 Å². The van der Waals surface area contributed by atoms with E-state index in [0.717, 1.165) is 0 Å². The molecule has 0 amide bonds. The summed E-state index contributed by atoms with van der Waals surface area (Å²) in [6, 6.07) is 2.94. The fraction of sp³-hybridized carbons (Fsp3) is 0.333. The maximum absolute atomic E-state index is 11.0. The smallest absolute Gasteiger partial charge is 0.179 e. The van der Waals surface area contributed by atoms with E-state index in [-0.39, 0.29) is 10.6 Å². The van der Waals surface area contributed by atoms with Crippen molar-refractivity contribution in [2.75, 3.05) is 21.3 Å². The Morgan fingerprint density at radius 3 is 2.07 bits per heavy atom. The van der Waals surface area contributed by atoms with Gasteiger partial charge in [-0.2, -0.15) is 0 Å². The van der Waals surface area contributed by atoms with Gasteiger partial charge in [0.05, 0.1) is 21.3 Å². The Balaban J connectivity index is 3.45. The molecule has 1 aromatic rings. The van der Waals surface area contributed by atoms with Crippen LogP contribution in [-0.4, -0.2) is 29.7 Å². The van der Waals surface area contributed by atoms with Crippen molar-refractivity contribution in [1.82, 2.24) is 0 Å². The van der Waals surface area contributed by atoms with Gasteiger partial charge >= 0.3 is 0 Å². The molecule has 0 aromatic heterocycles. The summed E-state index contributed by atoms with van der Waals surface area (Å²) in [5, 5.41) is 0. The molecule has 15 heavy (non-hydrogen) atoms. The van der Waals surface area contributed by atoms with Crippen LogP contribution in [0, 0.1) is 0 Å². The van der Waals surface area contributed by atoms with Gasteiger partial charge in [-0.25, -0.2) is 8.42 Å². The standard InChI is InChI=1S/C9H12O5S/c1-12-6-4-7(13-2)9(14-3)8(5-6)15(10)11/h4-5,15H,1-3H3. The molecular formula is C9H12O5S. The average Bonchev–Trinajstić information content (AvgIpc) is 2.26. The van der Waals surface area contributed by atoms with Gasteiger partial charge in [-0.1, -0.05) is 0 Å². The van der Waals surface area contributed by atoms with E-state index >= 15 is 0 Å². The minimum absolute atomic E-state index is 0.0451. The topological polar surface area (TPSA) is 61.8 Å². The molecule has 0 fully saturated rings. The van der Waals surface area contributed by atoms with Gasteiger partial charge in [0.2, 0.25) is 0 Å². The molecule has 0 spiro atoms. The fourth-order valence-corrected chi connectivity index (χ4v) is 1.77. The van der Waals surface area contributed by atoms with Gasteiger partial charge < -0.3 is 14.2 Å². The lowest BCUT2D eigenvalue weighted by Gasteiger charge is -2.11. The minimum Gasteiger partial charge on any atom is -0.497 e. The molecule has 5 nitrogen and oxygen atoms in total. The molecule has 0 aliphatic carbocycles. The molecule has 0 N–H and O–H groups in total. The molecular weight excluding hydrogens is 220 g/mol. The molecule has 0 saturated carbocycles. The van der Waals surface area contributed by atoms with E-state index in [1.54, 1.807) is 6.07 Å². The van der Waals surface area contributed by atoms with Crippen LogP contribution in [0.4, 0.5) is 0 Å². The minimum atomic E-state index is -2.75. The Labute approximate surface area is 89.5 Å². The Hall–Kier alpha value is -1.43. The second kappa shape index (κ2) is 4.88. The molecule has 84 valence electrons. The van der Waals surface area contributed by atoms with Crippen molar-refractivity contribution in [2.24, 2.45) is 0 Å². The summed E-state index contributed by atoms with van der Waals surface area (Å²) in [6.45, 7) is 0. The van der Waals surface area contributed by atoms with Gasteiger partial charge in [0, 0.05) is 12.1 Å². The highest BCUT2D eigenvalue weighted by molar-refractivity contribution is 7.72. The number of hydrogen-bond acceptors (Lipinski definition) is 5. The first kappa shape index (κ1) is 11.6. The highest BCUT2D eigenvalue weighted by atomic mass is 32.2. The van der Waals surface area contributed by atoms with Crippen LogP contribution in [0.2, 0.25) is 0 Å². The quantitative estimate of drug-likeness (QED) is 0.774. The molecule has 0 radical (unpaired) electrons. The van der Waals surface area contributed by atoms with Crippen molar-refractivity contribution in [3.8, 4) is 17.2 Å². The third-order valence-corrected chi connectivity index (χ3v) is 2.59. The van der Waals surface area contributed by atoms with Gasteiger partial charge in [-0.05, 0) is 0 Å². The summed E-state index contributed by atoms with van der Waals surface area (Å²) in [5.74, 6) is 0.919. The lowest BCUT2D eigenvalue weighted by molar-refractivity contribution is 0.340. The first-order valence-corrected chi connectivity index (χ1v) is 5.26. The molecule has 6 heteroatoms. The van der Waals surface area contributed by atoms with Crippen molar-refractivity contribution in [1.29, 1.82) is 0 Å². The van der Waals surface area contributed by atoms with Crippen molar-refractivity contribution >= 4 is 10.7 Å². The molecule has 0 aliphatic heterocycles. The van der Waals surface area contributed by atoms with E-state index in [9.17, 15) is 8.42 Å². The van der Waals surface area contributed by atoms with E-state index in [2.05, 4.69) is 0 Å². The zero-order valence-corrected chi connectivity index (χ0v) is 9.54. The van der Waals surface area contributed by atoms with Crippen LogP contribution in [-0.2, 0) is 10.7 Å². The van der Waals surface area contributed by atoms with E-state index in [1.807, 2.05) is 0 Å². The van der Waals surface area contributed by atoms with Crippen LogP contribution in [0.1, 0.15) is 0 Å². The molecule has 0 unspecified atom stereocenters. The van der Waals surface area contributed by atoms with Crippen LogP contribution in [0.5, 0.6) is 17.2 Å². The second-order valence-corrected chi connectivity index (χ2v) is 3.64. The number of rotatable bonds is 4. The van der Waals surface area contributed by atoms with E-state index < -0.39 is 10.7 Å². The van der Waals surface area contributed by atoms with E-state index in [4.69, 9.17) is 14.2 Å². The lowest BCUT2D eigenvalue weighted by Crippen LogP contribution is -1.96. The summed E-state index contributed by atoms with van der Waals surface area (Å²) >= 11 is 0. The Kier molecular flexibility index (Phi) is 3.79. The highest BCUT2D eigenvalue weighted by Crippen LogP contribution is 2.36. The van der Waals surface area contributed by atoms with Crippen LogP contribution in [0.15, 0.2) is 17.0 Å². The molecule has 0 saturated heterocycles. The summed E-state index contributed by atoms with van der Waals surface area (Å²) in [6.07, 6.45) is 0. The van der Waals surface area contributed by atoms with Gasteiger partial charge in [0.15, 0.2) is 22.2 Å². The van der Waals surface area contributed by atoms with Crippen LogP contribution in [0.25, 0.3) is 0 Å². The number of hydrogen-bond donors (Lipinski definition) is 1. The lowest BCUT2D eigenvalue weighted by atomic mass is 10.3. The highest BCUT2D eigenvalue weighted by Gasteiger charge is 2.14. The predicted molar refractivity (Wildman–Crippen MR) is 54.7 cm³/mol. The average molecular weight is 232 g/mol. The number of ether oxygens (including phenoxy) is 3. The SMILES string of the molecule is COc1cc(OC)c(OC)c([SH](=O)=O)c1. The predicted octanol–water partition coefficient (Wildman–Crippen LogP) is 0.683. The van der Waals surface area contributed by atoms with Crippen molar-refractivity contribution in [3.05, 3.63) is 12.1 Å². The van der Waals surface area contributed by atoms with Crippen molar-refractivity contribution in [3.63, 3.8) is 0 Å². The van der Waals surface area contributed by atoms with E-state index in [0.29, 0.717) is 11.5 Å². The zero-order valence-electron chi connectivity index (χ0n) is 8.64. The number of methoxy groups -OCH3 is 3. The summed E-state index contributed by atoms with van der Waals surface area (Å²) < 4.78 is 36.8. The molecule has 0 bridgehead atoms. The van der Waals surface area contributed by atoms with Crippen LogP contribution in [0.3, 0.4) is 0 Å².